The number of amides is 2. The van der Waals surface area contributed by atoms with Crippen molar-refractivity contribution < 1.29 is 19.8 Å². The van der Waals surface area contributed by atoms with Gasteiger partial charge in [-0.3, -0.25) is 0 Å². The lowest BCUT2D eigenvalue weighted by Gasteiger charge is -2.42. The molecule has 0 saturated heterocycles. The zero-order valence-corrected chi connectivity index (χ0v) is 10.2. The molecular weight excluding hydrogens is 224 g/mol. The van der Waals surface area contributed by atoms with Crippen molar-refractivity contribution in [2.24, 2.45) is 0 Å². The second-order valence-electron chi connectivity index (χ2n) is 4.64. The average Bonchev–Trinajstić information content (AvgIpc) is 2.19. The Bertz CT molecular complexity index is 294. The predicted molar refractivity (Wildman–Crippen MR) is 61.6 cm³/mol. The molecule has 6 nitrogen and oxygen atoms in total. The predicted octanol–water partition coefficient (Wildman–Crippen LogP) is 0.452. The van der Waals surface area contributed by atoms with Crippen LogP contribution in [0.15, 0.2) is 0 Å². The summed E-state index contributed by atoms with van der Waals surface area (Å²) in [5.41, 5.74) is -0.189. The smallest absolute Gasteiger partial charge is 0.328 e. The molecule has 0 aromatic heterocycles. The van der Waals surface area contributed by atoms with Gasteiger partial charge in [-0.05, 0) is 32.6 Å². The molecule has 0 spiro atoms. The van der Waals surface area contributed by atoms with Crippen LogP contribution in [0.5, 0.6) is 0 Å². The molecule has 1 aliphatic carbocycles. The van der Waals surface area contributed by atoms with Crippen LogP contribution in [-0.4, -0.2) is 39.9 Å². The Kier molecular flexibility index (Phi) is 4.34. The van der Waals surface area contributed by atoms with E-state index in [4.69, 9.17) is 5.11 Å². The van der Waals surface area contributed by atoms with Gasteiger partial charge in [0.1, 0.15) is 0 Å². The number of urea groups is 1. The molecule has 2 unspecified atom stereocenters. The first-order valence-electron chi connectivity index (χ1n) is 5.90. The highest BCUT2D eigenvalue weighted by Crippen LogP contribution is 2.34. The molecule has 1 saturated carbocycles. The van der Waals surface area contributed by atoms with E-state index in [1.54, 1.807) is 0 Å². The number of aliphatic hydroxyl groups excluding tert-OH is 1. The van der Waals surface area contributed by atoms with Crippen molar-refractivity contribution in [1.82, 2.24) is 10.6 Å². The van der Waals surface area contributed by atoms with Gasteiger partial charge in [0.05, 0.1) is 6.10 Å². The fourth-order valence-electron chi connectivity index (χ4n) is 1.98. The molecule has 98 valence electrons. The third-order valence-corrected chi connectivity index (χ3v) is 3.40. The van der Waals surface area contributed by atoms with Crippen molar-refractivity contribution in [1.29, 1.82) is 0 Å². The zero-order valence-electron chi connectivity index (χ0n) is 10.2. The Morgan fingerprint density at radius 3 is 2.29 bits per heavy atom. The fourth-order valence-corrected chi connectivity index (χ4v) is 1.98. The van der Waals surface area contributed by atoms with Crippen molar-refractivity contribution >= 4 is 12.0 Å². The molecule has 2 amide bonds. The van der Waals surface area contributed by atoms with Crippen LogP contribution < -0.4 is 10.6 Å². The van der Waals surface area contributed by atoms with Gasteiger partial charge in [0.2, 0.25) is 0 Å². The molecule has 0 aromatic rings. The summed E-state index contributed by atoms with van der Waals surface area (Å²) in [5, 5.41) is 23.1. The number of rotatable bonds is 5. The molecule has 0 radical (unpaired) electrons. The first-order valence-corrected chi connectivity index (χ1v) is 5.90. The molecule has 1 aliphatic rings. The maximum absolute atomic E-state index is 11.6. The maximum atomic E-state index is 11.6. The maximum Gasteiger partial charge on any atom is 0.328 e. The van der Waals surface area contributed by atoms with Crippen molar-refractivity contribution in [3.8, 4) is 0 Å². The van der Waals surface area contributed by atoms with E-state index in [1.165, 1.54) is 6.92 Å². The standard InChI is InChI=1S/C11H20N2O4/c1-3-11(5-4-6-11)13-10(17)12-8(7(2)14)9(15)16/h7-8,14H,3-6H2,1-2H3,(H,15,16)(H2,12,13,17). The lowest BCUT2D eigenvalue weighted by atomic mass is 9.75. The van der Waals surface area contributed by atoms with E-state index < -0.39 is 24.1 Å². The molecule has 4 N–H and O–H groups in total. The molecule has 0 bridgehead atoms. The molecule has 0 aliphatic heterocycles. The van der Waals surface area contributed by atoms with Crippen LogP contribution in [0.3, 0.4) is 0 Å². The van der Waals surface area contributed by atoms with Crippen LogP contribution in [0, 0.1) is 0 Å². The first kappa shape index (κ1) is 13.8. The number of carbonyl (C=O) groups excluding carboxylic acids is 1. The quantitative estimate of drug-likeness (QED) is 0.564. The van der Waals surface area contributed by atoms with E-state index in [-0.39, 0.29) is 5.54 Å². The van der Waals surface area contributed by atoms with E-state index in [0.29, 0.717) is 0 Å². The van der Waals surface area contributed by atoms with E-state index in [1.807, 2.05) is 6.92 Å². The van der Waals surface area contributed by atoms with E-state index in [9.17, 15) is 14.7 Å². The summed E-state index contributed by atoms with van der Waals surface area (Å²) in [5.74, 6) is -1.24. The van der Waals surface area contributed by atoms with E-state index >= 15 is 0 Å². The summed E-state index contributed by atoms with van der Waals surface area (Å²) in [6, 6.07) is -1.80. The molecule has 1 fully saturated rings. The van der Waals surface area contributed by atoms with Crippen LogP contribution in [0.4, 0.5) is 4.79 Å². The van der Waals surface area contributed by atoms with Gasteiger partial charge >= 0.3 is 12.0 Å². The van der Waals surface area contributed by atoms with Gasteiger partial charge in [-0.1, -0.05) is 6.92 Å². The van der Waals surface area contributed by atoms with Crippen molar-refractivity contribution in [3.05, 3.63) is 0 Å². The summed E-state index contributed by atoms with van der Waals surface area (Å²) in [6.45, 7) is 3.32. The molecule has 0 heterocycles. The number of aliphatic carboxylic acids is 1. The monoisotopic (exact) mass is 244 g/mol. The van der Waals surface area contributed by atoms with Crippen LogP contribution in [0.2, 0.25) is 0 Å². The highest BCUT2D eigenvalue weighted by molar-refractivity contribution is 5.83. The first-order chi connectivity index (χ1) is 7.90. The van der Waals surface area contributed by atoms with Crippen molar-refractivity contribution in [2.75, 3.05) is 0 Å². The van der Waals surface area contributed by atoms with Crippen LogP contribution >= 0.6 is 0 Å². The Labute approximate surface area is 100 Å². The summed E-state index contributed by atoms with van der Waals surface area (Å²) >= 11 is 0. The Morgan fingerprint density at radius 1 is 1.41 bits per heavy atom. The Morgan fingerprint density at radius 2 is 2.00 bits per heavy atom. The SMILES string of the molecule is CCC1(NC(=O)NC(C(=O)O)C(C)O)CCC1. The number of carboxylic acid groups (broad SMARTS) is 1. The minimum absolute atomic E-state index is 0.189. The lowest BCUT2D eigenvalue weighted by molar-refractivity contribution is -0.141. The van der Waals surface area contributed by atoms with Crippen molar-refractivity contribution in [2.45, 2.75) is 57.2 Å². The molecule has 0 aromatic carbocycles. The van der Waals surface area contributed by atoms with Crippen LogP contribution in [-0.2, 0) is 4.79 Å². The number of carboxylic acids is 1. The molecule has 1 rings (SSSR count). The summed E-state index contributed by atoms with van der Waals surface area (Å²) < 4.78 is 0. The van der Waals surface area contributed by atoms with Gasteiger partial charge in [0, 0.05) is 5.54 Å². The molecule has 6 heteroatoms. The second-order valence-corrected chi connectivity index (χ2v) is 4.64. The second kappa shape index (κ2) is 5.35. The molecule has 2 atom stereocenters. The number of aliphatic hydroxyl groups is 1. The van der Waals surface area contributed by atoms with E-state index in [0.717, 1.165) is 25.7 Å². The minimum atomic E-state index is -1.27. The minimum Gasteiger partial charge on any atom is -0.480 e. The van der Waals surface area contributed by atoms with Gasteiger partial charge < -0.3 is 20.8 Å². The van der Waals surface area contributed by atoms with Gasteiger partial charge in [-0.2, -0.15) is 0 Å². The topological polar surface area (TPSA) is 98.7 Å². The summed E-state index contributed by atoms with van der Waals surface area (Å²) in [7, 11) is 0. The number of hydrogen-bond donors (Lipinski definition) is 4. The zero-order chi connectivity index (χ0) is 13.1. The summed E-state index contributed by atoms with van der Waals surface area (Å²) in [4.78, 5) is 22.4. The lowest BCUT2D eigenvalue weighted by Crippen LogP contribution is -2.59. The Hall–Kier alpha value is -1.30. The Balaban J connectivity index is 2.50. The highest BCUT2D eigenvalue weighted by atomic mass is 16.4. The largest absolute Gasteiger partial charge is 0.480 e. The van der Waals surface area contributed by atoms with Gasteiger partial charge in [-0.15, -0.1) is 0 Å². The fraction of sp³-hybridized carbons (Fsp3) is 0.818. The normalized spacial score (nSPS) is 20.9. The average molecular weight is 244 g/mol. The number of carbonyl (C=O) groups is 2. The van der Waals surface area contributed by atoms with Crippen molar-refractivity contribution in [3.63, 3.8) is 0 Å². The van der Waals surface area contributed by atoms with Gasteiger partial charge in [0.25, 0.3) is 0 Å². The molecule has 17 heavy (non-hydrogen) atoms. The molecular formula is C11H20N2O4. The van der Waals surface area contributed by atoms with Crippen LogP contribution in [0.1, 0.15) is 39.5 Å². The third kappa shape index (κ3) is 3.33. The number of hydrogen-bond acceptors (Lipinski definition) is 3. The highest BCUT2D eigenvalue weighted by Gasteiger charge is 2.37. The third-order valence-electron chi connectivity index (χ3n) is 3.40. The van der Waals surface area contributed by atoms with E-state index in [2.05, 4.69) is 10.6 Å². The van der Waals surface area contributed by atoms with Gasteiger partial charge in [-0.25, -0.2) is 9.59 Å². The number of nitrogens with one attached hydrogen (secondary N) is 2. The van der Waals surface area contributed by atoms with Crippen LogP contribution in [0.25, 0.3) is 0 Å². The summed E-state index contributed by atoms with van der Waals surface area (Å²) in [6.07, 6.45) is 2.61. The van der Waals surface area contributed by atoms with Gasteiger partial charge in [0.15, 0.2) is 6.04 Å².